The summed E-state index contributed by atoms with van der Waals surface area (Å²) >= 11 is 0. The fourth-order valence-corrected chi connectivity index (χ4v) is 6.66. The van der Waals surface area contributed by atoms with Gasteiger partial charge < -0.3 is 9.97 Å². The largest absolute Gasteiger partial charge is 0.305 e. The third-order valence-electron chi connectivity index (χ3n) is 7.85. The Bertz CT molecular complexity index is 1900. The summed E-state index contributed by atoms with van der Waals surface area (Å²) in [6, 6.07) is 46.5. The van der Waals surface area contributed by atoms with E-state index in [9.17, 15) is 0 Å². The molecule has 0 bridgehead atoms. The van der Waals surface area contributed by atoms with E-state index in [1.54, 1.807) is 18.2 Å². The molecule has 0 aliphatic heterocycles. The van der Waals surface area contributed by atoms with Gasteiger partial charge in [0.2, 0.25) is 0 Å². The molecule has 4 aromatic carbocycles. The zero-order valence-corrected chi connectivity index (χ0v) is 29.8. The van der Waals surface area contributed by atoms with Gasteiger partial charge in [0.15, 0.2) is 0 Å². The topological polar surface area (TPSA) is 25.8 Å². The van der Waals surface area contributed by atoms with E-state index >= 15 is 0 Å². The molecule has 0 spiro atoms. The van der Waals surface area contributed by atoms with Gasteiger partial charge in [0, 0.05) is 42.0 Å². The van der Waals surface area contributed by atoms with E-state index in [1.165, 1.54) is 27.4 Å². The molecule has 0 saturated heterocycles. The first-order valence-corrected chi connectivity index (χ1v) is 18.4. The molecule has 6 aromatic rings. The first-order chi connectivity index (χ1) is 22.3. The standard InChI is InChI=1S/C21H22NSi.C20H18N.Ir/c1-16-10-12-18(13-11-16)20-14-19(17-8-6-5-7-9-17)21(15-22-20)23(2,3)4;1-20(2,17-11-7-4-8-12-17)18-13-14-21-19(15-18)16-9-5-3-6-10-16;/h5-12,14-15H,1-4H3;3-9,11-15H,1-2H3;/q2*-1;/i1D3;;. The van der Waals surface area contributed by atoms with E-state index in [-0.39, 0.29) is 25.5 Å². The van der Waals surface area contributed by atoms with E-state index in [1.807, 2.05) is 54.9 Å². The van der Waals surface area contributed by atoms with Gasteiger partial charge in [0.25, 0.3) is 0 Å². The molecule has 229 valence electrons. The third kappa shape index (κ3) is 8.41. The van der Waals surface area contributed by atoms with E-state index in [0.717, 1.165) is 22.5 Å². The van der Waals surface area contributed by atoms with Crippen molar-refractivity contribution in [2.24, 2.45) is 0 Å². The maximum absolute atomic E-state index is 7.49. The van der Waals surface area contributed by atoms with E-state index in [4.69, 9.17) is 4.11 Å². The van der Waals surface area contributed by atoms with E-state index < -0.39 is 14.9 Å². The van der Waals surface area contributed by atoms with Crippen LogP contribution in [0.5, 0.6) is 0 Å². The van der Waals surface area contributed by atoms with E-state index in [2.05, 4.69) is 116 Å². The summed E-state index contributed by atoms with van der Waals surface area (Å²) in [5.41, 5.74) is 8.79. The molecule has 1 radical (unpaired) electrons. The van der Waals surface area contributed by atoms with Crippen LogP contribution in [0, 0.1) is 19.0 Å². The Morgan fingerprint density at radius 2 is 1.36 bits per heavy atom. The number of rotatable bonds is 6. The molecule has 2 heterocycles. The quantitative estimate of drug-likeness (QED) is 0.124. The van der Waals surface area contributed by atoms with Crippen LogP contribution in [0.3, 0.4) is 0 Å². The summed E-state index contributed by atoms with van der Waals surface area (Å²) in [6.07, 6.45) is 3.87. The van der Waals surface area contributed by atoms with Crippen molar-refractivity contribution in [1.29, 1.82) is 0 Å². The number of pyridine rings is 2. The van der Waals surface area contributed by atoms with Crippen LogP contribution in [0.4, 0.5) is 0 Å². The van der Waals surface area contributed by atoms with Gasteiger partial charge in [-0.3, -0.25) is 0 Å². The number of aryl methyl sites for hydroxylation is 1. The molecule has 0 aliphatic rings. The maximum atomic E-state index is 7.49. The van der Waals surface area contributed by atoms with Gasteiger partial charge in [0.05, 0.1) is 8.07 Å². The predicted octanol–water partition coefficient (Wildman–Crippen LogP) is 9.94. The fourth-order valence-electron chi connectivity index (χ4n) is 5.18. The van der Waals surface area contributed by atoms with Gasteiger partial charge in [-0.05, 0) is 44.9 Å². The summed E-state index contributed by atoms with van der Waals surface area (Å²) in [6.45, 7) is 9.32. The second kappa shape index (κ2) is 14.9. The van der Waals surface area contributed by atoms with Crippen LogP contribution in [0.25, 0.3) is 33.6 Å². The monoisotopic (exact) mass is 784 g/mol. The van der Waals surface area contributed by atoms with Crippen molar-refractivity contribution in [3.05, 3.63) is 163 Å². The SMILES string of the molecule is CC(C)(c1ccccc1)c1ccnc(-c2[c-]cccc2)c1.[2H]C([2H])([2H])c1c[c-]c(-c2cc(-c3ccccc3)c([Si](C)(C)C)cn2)cc1.[Ir]. The predicted molar refractivity (Wildman–Crippen MR) is 189 cm³/mol. The molecule has 0 fully saturated rings. The van der Waals surface area contributed by atoms with Crippen molar-refractivity contribution in [2.75, 3.05) is 0 Å². The zero-order valence-electron chi connectivity index (χ0n) is 29.4. The van der Waals surface area contributed by atoms with Crippen LogP contribution in [-0.2, 0) is 25.5 Å². The summed E-state index contributed by atoms with van der Waals surface area (Å²) in [5, 5.41) is 1.31. The molecule has 0 amide bonds. The van der Waals surface area contributed by atoms with Gasteiger partial charge in [-0.25, -0.2) is 0 Å². The molecule has 0 saturated carbocycles. The van der Waals surface area contributed by atoms with Crippen LogP contribution in [-0.4, -0.2) is 18.0 Å². The minimum Gasteiger partial charge on any atom is -0.305 e. The first-order valence-electron chi connectivity index (χ1n) is 16.4. The molecule has 0 aliphatic carbocycles. The van der Waals surface area contributed by atoms with Crippen LogP contribution >= 0.6 is 0 Å². The van der Waals surface area contributed by atoms with Crippen LogP contribution < -0.4 is 5.19 Å². The average Bonchev–Trinajstić information content (AvgIpc) is 3.09. The number of hydrogen-bond donors (Lipinski definition) is 0. The van der Waals surface area contributed by atoms with Crippen molar-refractivity contribution < 1.29 is 24.2 Å². The molecule has 0 atom stereocenters. The van der Waals surface area contributed by atoms with Crippen LogP contribution in [0.2, 0.25) is 19.6 Å². The second-order valence-corrected chi connectivity index (χ2v) is 17.5. The Labute approximate surface area is 288 Å². The first kappa shape index (κ1) is 29.7. The van der Waals surface area contributed by atoms with Crippen LogP contribution in [0.1, 0.15) is 34.7 Å². The van der Waals surface area contributed by atoms with Crippen molar-refractivity contribution in [1.82, 2.24) is 9.97 Å². The maximum Gasteiger partial charge on any atom is 0.0803 e. The Morgan fingerprint density at radius 1 is 0.689 bits per heavy atom. The van der Waals surface area contributed by atoms with Crippen LogP contribution in [0.15, 0.2) is 134 Å². The third-order valence-corrected chi connectivity index (χ3v) is 9.86. The second-order valence-electron chi connectivity index (χ2n) is 12.4. The van der Waals surface area contributed by atoms with Crippen molar-refractivity contribution >= 4 is 13.3 Å². The molecule has 2 aromatic heterocycles. The van der Waals surface area contributed by atoms with E-state index in [0.29, 0.717) is 5.56 Å². The molecule has 0 N–H and O–H groups in total. The normalized spacial score (nSPS) is 12.4. The van der Waals surface area contributed by atoms with Gasteiger partial charge >= 0.3 is 0 Å². The minimum absolute atomic E-state index is 0. The molecule has 6 rings (SSSR count). The molecule has 0 unspecified atom stereocenters. The molecule has 45 heavy (non-hydrogen) atoms. The molecule has 2 nitrogen and oxygen atoms in total. The number of nitrogens with zero attached hydrogens (tertiary/aromatic N) is 2. The van der Waals surface area contributed by atoms with Gasteiger partial charge in [-0.15, -0.1) is 71.3 Å². The molecular formula is C41H40IrN2Si-2. The Hall–Kier alpha value is -3.95. The fraction of sp³-hybridized carbons (Fsp3) is 0.171. The summed E-state index contributed by atoms with van der Waals surface area (Å²) in [4.78, 5) is 9.14. The molecular weight excluding hydrogens is 741 g/mol. The summed E-state index contributed by atoms with van der Waals surface area (Å²) in [7, 11) is -1.57. The summed E-state index contributed by atoms with van der Waals surface area (Å²) < 4.78 is 22.5. The summed E-state index contributed by atoms with van der Waals surface area (Å²) in [5.74, 6) is 0. The van der Waals surface area contributed by atoms with Crippen molar-refractivity contribution in [3.8, 4) is 33.6 Å². The van der Waals surface area contributed by atoms with Crippen molar-refractivity contribution in [2.45, 2.75) is 45.8 Å². The van der Waals surface area contributed by atoms with Gasteiger partial charge in [-0.2, -0.15) is 0 Å². The van der Waals surface area contributed by atoms with Gasteiger partial charge in [-0.1, -0.05) is 113 Å². The number of benzene rings is 4. The number of hydrogen-bond acceptors (Lipinski definition) is 2. The van der Waals surface area contributed by atoms with Crippen molar-refractivity contribution in [3.63, 3.8) is 0 Å². The average molecular weight is 784 g/mol. The molecule has 4 heteroatoms. The Morgan fingerprint density at radius 3 is 1.98 bits per heavy atom. The minimum atomic E-state index is -2.11. The van der Waals surface area contributed by atoms with Gasteiger partial charge in [0.1, 0.15) is 0 Å². The Balaban J connectivity index is 0.000000217. The Kier molecular flexibility index (Phi) is 9.84. The number of aromatic nitrogens is 2. The smallest absolute Gasteiger partial charge is 0.0803 e. The zero-order chi connectivity index (χ0) is 33.7.